The summed E-state index contributed by atoms with van der Waals surface area (Å²) in [6.07, 6.45) is -0.527. The van der Waals surface area contributed by atoms with Gasteiger partial charge in [0.05, 0.1) is 0 Å². The van der Waals surface area contributed by atoms with Gasteiger partial charge in [-0.25, -0.2) is 4.79 Å². The predicted molar refractivity (Wildman–Crippen MR) is 82.9 cm³/mol. The molecule has 2 saturated heterocycles. The predicted octanol–water partition coefficient (Wildman–Crippen LogP) is 3.33. The van der Waals surface area contributed by atoms with Gasteiger partial charge in [-0.15, -0.1) is 13.2 Å². The van der Waals surface area contributed by atoms with Gasteiger partial charge in [0.15, 0.2) is 0 Å². The molecule has 0 aliphatic carbocycles. The maximum atomic E-state index is 12.1. The molecule has 2 fully saturated rings. The number of carbonyl (C=O) groups is 1. The summed E-state index contributed by atoms with van der Waals surface area (Å²) in [5, 5.41) is 5.59. The molecule has 0 unspecified atom stereocenters. The van der Waals surface area contributed by atoms with E-state index in [9.17, 15) is 18.0 Å². The van der Waals surface area contributed by atoms with Crippen LogP contribution in [0.15, 0.2) is 24.3 Å². The molecule has 1 aromatic carbocycles. The summed E-state index contributed by atoms with van der Waals surface area (Å²) in [6, 6.07) is 5.91. The summed E-state index contributed by atoms with van der Waals surface area (Å²) in [7, 11) is 2.13. The van der Waals surface area contributed by atoms with E-state index in [1.165, 1.54) is 37.1 Å². The molecular formula is C16H20F3N3O2. The van der Waals surface area contributed by atoms with Crippen molar-refractivity contribution in [3.8, 4) is 5.75 Å². The van der Waals surface area contributed by atoms with Crippen LogP contribution in [0.25, 0.3) is 0 Å². The minimum absolute atomic E-state index is 0.131. The van der Waals surface area contributed by atoms with Crippen LogP contribution in [0.1, 0.15) is 25.7 Å². The zero-order valence-corrected chi connectivity index (χ0v) is 13.3. The van der Waals surface area contributed by atoms with E-state index in [0.29, 0.717) is 17.8 Å². The Morgan fingerprint density at radius 3 is 2.29 bits per heavy atom. The molecule has 2 aliphatic heterocycles. The molecule has 2 atom stereocenters. The molecule has 8 heteroatoms. The number of fused-ring (bicyclic) bond motifs is 2. The van der Waals surface area contributed by atoms with E-state index in [4.69, 9.17) is 0 Å². The molecule has 2 aliphatic rings. The third-order valence-corrected chi connectivity index (χ3v) is 4.78. The van der Waals surface area contributed by atoms with Gasteiger partial charge in [0.1, 0.15) is 5.75 Å². The average Bonchev–Trinajstić information content (AvgIpc) is 2.70. The van der Waals surface area contributed by atoms with E-state index in [-0.39, 0.29) is 17.8 Å². The number of anilines is 1. The van der Waals surface area contributed by atoms with E-state index < -0.39 is 6.36 Å². The van der Waals surface area contributed by atoms with Gasteiger partial charge in [0.2, 0.25) is 0 Å². The molecule has 1 aromatic rings. The number of nitrogens with one attached hydrogen (secondary N) is 2. The van der Waals surface area contributed by atoms with Gasteiger partial charge in [-0.1, -0.05) is 0 Å². The topological polar surface area (TPSA) is 53.6 Å². The number of carbonyl (C=O) groups excluding carboxylic acids is 1. The van der Waals surface area contributed by atoms with Crippen LogP contribution in [0.3, 0.4) is 0 Å². The van der Waals surface area contributed by atoms with Crippen LogP contribution >= 0.6 is 0 Å². The van der Waals surface area contributed by atoms with Crippen LogP contribution < -0.4 is 15.4 Å². The molecule has 0 aromatic heterocycles. The fourth-order valence-electron chi connectivity index (χ4n) is 3.62. The molecule has 2 heterocycles. The lowest BCUT2D eigenvalue weighted by atomic mass is 9.98. The van der Waals surface area contributed by atoms with Crippen molar-refractivity contribution in [2.75, 3.05) is 12.4 Å². The second-order valence-electron chi connectivity index (χ2n) is 6.39. The van der Waals surface area contributed by atoms with E-state index in [0.717, 1.165) is 12.8 Å². The first-order valence-corrected chi connectivity index (χ1v) is 7.95. The second kappa shape index (κ2) is 6.51. The Labute approximate surface area is 138 Å². The molecule has 0 radical (unpaired) electrons. The van der Waals surface area contributed by atoms with Crippen molar-refractivity contribution < 1.29 is 22.7 Å². The number of amides is 2. The fraction of sp³-hybridized carbons (Fsp3) is 0.562. The summed E-state index contributed by atoms with van der Waals surface area (Å²) in [5.74, 6) is -0.319. The number of rotatable bonds is 3. The van der Waals surface area contributed by atoms with Crippen LogP contribution in [-0.2, 0) is 0 Å². The lowest BCUT2D eigenvalue weighted by Gasteiger charge is -2.36. The first-order valence-electron chi connectivity index (χ1n) is 7.95. The van der Waals surface area contributed by atoms with E-state index in [1.807, 2.05) is 0 Å². The summed E-state index contributed by atoms with van der Waals surface area (Å²) in [6.45, 7) is 0. The molecule has 2 bridgehead atoms. The summed E-state index contributed by atoms with van der Waals surface area (Å²) in [5.41, 5.74) is 0.415. The average molecular weight is 343 g/mol. The highest BCUT2D eigenvalue weighted by atomic mass is 19.4. The summed E-state index contributed by atoms with van der Waals surface area (Å²) < 4.78 is 40.1. The maximum Gasteiger partial charge on any atom is 0.573 e. The van der Waals surface area contributed by atoms with Gasteiger partial charge >= 0.3 is 12.4 Å². The van der Waals surface area contributed by atoms with Crippen molar-refractivity contribution in [2.24, 2.45) is 0 Å². The fourth-order valence-corrected chi connectivity index (χ4v) is 3.62. The Morgan fingerprint density at radius 2 is 1.75 bits per heavy atom. The highest BCUT2D eigenvalue weighted by Crippen LogP contribution is 2.34. The van der Waals surface area contributed by atoms with Crippen LogP contribution in [-0.4, -0.2) is 42.5 Å². The van der Waals surface area contributed by atoms with E-state index >= 15 is 0 Å². The van der Waals surface area contributed by atoms with Crippen molar-refractivity contribution in [3.63, 3.8) is 0 Å². The number of halogens is 3. The minimum Gasteiger partial charge on any atom is -0.406 e. The Bertz CT molecular complexity index is 577. The van der Waals surface area contributed by atoms with E-state index in [2.05, 4.69) is 27.3 Å². The molecule has 5 nitrogen and oxygen atoms in total. The van der Waals surface area contributed by atoms with Crippen molar-refractivity contribution in [2.45, 2.75) is 50.2 Å². The highest BCUT2D eigenvalue weighted by Gasteiger charge is 2.38. The van der Waals surface area contributed by atoms with Crippen molar-refractivity contribution in [1.82, 2.24) is 10.2 Å². The number of alkyl halides is 3. The smallest absolute Gasteiger partial charge is 0.406 e. The lowest BCUT2D eigenvalue weighted by molar-refractivity contribution is -0.274. The summed E-state index contributed by atoms with van der Waals surface area (Å²) >= 11 is 0. The van der Waals surface area contributed by atoms with Crippen LogP contribution in [0.2, 0.25) is 0 Å². The first-order chi connectivity index (χ1) is 11.3. The normalized spacial score (nSPS) is 26.9. The van der Waals surface area contributed by atoms with E-state index in [1.54, 1.807) is 0 Å². The molecule has 0 spiro atoms. The number of ether oxygens (including phenoxy) is 1. The van der Waals surface area contributed by atoms with Crippen LogP contribution in [0, 0.1) is 0 Å². The second-order valence-corrected chi connectivity index (χ2v) is 6.39. The Kier molecular flexibility index (Phi) is 4.58. The highest BCUT2D eigenvalue weighted by molar-refractivity contribution is 5.89. The van der Waals surface area contributed by atoms with Crippen LogP contribution in [0.5, 0.6) is 5.75 Å². The molecule has 2 N–H and O–H groups in total. The monoisotopic (exact) mass is 343 g/mol. The summed E-state index contributed by atoms with van der Waals surface area (Å²) in [4.78, 5) is 14.4. The SMILES string of the molecule is CN1[C@@H]2CC[C@@H]1CC(NC(=O)Nc1ccc(OC(F)(F)F)cc1)C2. The molecule has 3 rings (SSSR count). The zero-order valence-electron chi connectivity index (χ0n) is 13.3. The third kappa shape index (κ3) is 4.11. The molecule has 2 amide bonds. The molecule has 132 valence electrons. The number of benzene rings is 1. The van der Waals surface area contributed by atoms with Gasteiger partial charge in [0, 0.05) is 23.8 Å². The number of nitrogens with zero attached hydrogens (tertiary/aromatic N) is 1. The van der Waals surface area contributed by atoms with Gasteiger partial charge in [0.25, 0.3) is 0 Å². The Morgan fingerprint density at radius 1 is 1.17 bits per heavy atom. The van der Waals surface area contributed by atoms with Crippen molar-refractivity contribution in [1.29, 1.82) is 0 Å². The van der Waals surface area contributed by atoms with Gasteiger partial charge < -0.3 is 20.3 Å². The molecule has 0 saturated carbocycles. The number of hydrogen-bond acceptors (Lipinski definition) is 3. The number of piperidine rings is 1. The standard InChI is InChI=1S/C16H20F3N3O2/c1-22-12-4-5-13(22)9-11(8-12)21-15(23)20-10-2-6-14(7-3-10)24-16(17,18)19/h2-3,6-7,11-13H,4-5,8-9H2,1H3,(H2,20,21,23)/t12-,13-/m1/s1. The zero-order chi connectivity index (χ0) is 17.3. The third-order valence-electron chi connectivity index (χ3n) is 4.78. The Hall–Kier alpha value is -1.96. The largest absolute Gasteiger partial charge is 0.573 e. The van der Waals surface area contributed by atoms with Gasteiger partial charge in [-0.05, 0) is 57.0 Å². The molecule has 24 heavy (non-hydrogen) atoms. The van der Waals surface area contributed by atoms with Crippen molar-refractivity contribution >= 4 is 11.7 Å². The quantitative estimate of drug-likeness (QED) is 0.885. The van der Waals surface area contributed by atoms with Crippen molar-refractivity contribution in [3.05, 3.63) is 24.3 Å². The lowest BCUT2D eigenvalue weighted by Crippen LogP contribution is -2.49. The number of hydrogen-bond donors (Lipinski definition) is 2. The van der Waals surface area contributed by atoms with Crippen LogP contribution in [0.4, 0.5) is 23.7 Å². The number of urea groups is 1. The minimum atomic E-state index is -4.72. The first kappa shape index (κ1) is 16.9. The van der Waals surface area contributed by atoms with Gasteiger partial charge in [-0.2, -0.15) is 0 Å². The molecular weight excluding hydrogens is 323 g/mol. The Balaban J connectivity index is 1.50. The maximum absolute atomic E-state index is 12.1. The van der Waals surface area contributed by atoms with Gasteiger partial charge in [-0.3, -0.25) is 0 Å².